The van der Waals surface area contributed by atoms with E-state index in [9.17, 15) is 19.8 Å². The SMILES string of the molecule is C=C(CCC(O)COC(=O)c1cccc(O)c1)C(=O)O. The number of aliphatic hydroxyl groups excluding tert-OH is 1. The third-order valence-corrected chi connectivity index (χ3v) is 2.57. The van der Waals surface area contributed by atoms with E-state index >= 15 is 0 Å². The minimum absolute atomic E-state index is 0.0108. The van der Waals surface area contributed by atoms with Crippen molar-refractivity contribution in [1.29, 1.82) is 0 Å². The van der Waals surface area contributed by atoms with Crippen LogP contribution in [0.3, 0.4) is 0 Å². The van der Waals surface area contributed by atoms with E-state index in [2.05, 4.69) is 6.58 Å². The summed E-state index contributed by atoms with van der Waals surface area (Å²) in [5.74, 6) is -1.84. The molecule has 1 aromatic rings. The van der Waals surface area contributed by atoms with E-state index in [1.165, 1.54) is 24.3 Å². The molecule has 1 atom stereocenters. The molecule has 20 heavy (non-hydrogen) atoms. The Kier molecular flexibility index (Phi) is 5.74. The number of phenolic OH excluding ortho intramolecular Hbond substituents is 1. The van der Waals surface area contributed by atoms with Crippen LogP contribution in [-0.4, -0.2) is 40.0 Å². The van der Waals surface area contributed by atoms with Crippen molar-refractivity contribution >= 4 is 11.9 Å². The number of benzene rings is 1. The normalized spacial score (nSPS) is 11.7. The van der Waals surface area contributed by atoms with E-state index in [0.29, 0.717) is 0 Å². The van der Waals surface area contributed by atoms with Gasteiger partial charge in [-0.25, -0.2) is 9.59 Å². The van der Waals surface area contributed by atoms with E-state index < -0.39 is 18.0 Å². The Morgan fingerprint density at radius 1 is 1.35 bits per heavy atom. The highest BCUT2D eigenvalue weighted by Gasteiger charge is 2.13. The van der Waals surface area contributed by atoms with Crippen molar-refractivity contribution in [3.8, 4) is 5.75 Å². The largest absolute Gasteiger partial charge is 0.508 e. The molecule has 108 valence electrons. The predicted octanol–water partition coefficient (Wildman–Crippen LogP) is 1.33. The first-order valence-corrected chi connectivity index (χ1v) is 5.95. The lowest BCUT2D eigenvalue weighted by atomic mass is 10.1. The van der Waals surface area contributed by atoms with Gasteiger partial charge in [0.1, 0.15) is 12.4 Å². The highest BCUT2D eigenvalue weighted by molar-refractivity contribution is 5.89. The summed E-state index contributed by atoms with van der Waals surface area (Å²) in [4.78, 5) is 22.1. The molecule has 1 unspecified atom stereocenters. The molecule has 0 amide bonds. The minimum Gasteiger partial charge on any atom is -0.508 e. The zero-order valence-corrected chi connectivity index (χ0v) is 10.8. The number of hydrogen-bond donors (Lipinski definition) is 3. The lowest BCUT2D eigenvalue weighted by molar-refractivity contribution is -0.132. The zero-order chi connectivity index (χ0) is 15.1. The number of esters is 1. The van der Waals surface area contributed by atoms with Gasteiger partial charge in [-0.3, -0.25) is 0 Å². The van der Waals surface area contributed by atoms with Gasteiger partial charge in [-0.2, -0.15) is 0 Å². The molecule has 0 spiro atoms. The number of carboxylic acids is 1. The molecule has 1 rings (SSSR count). The van der Waals surface area contributed by atoms with Crippen molar-refractivity contribution in [2.75, 3.05) is 6.61 Å². The van der Waals surface area contributed by atoms with Crippen LogP contribution in [0.5, 0.6) is 5.75 Å². The summed E-state index contributed by atoms with van der Waals surface area (Å²) in [6.07, 6.45) is -0.717. The fourth-order valence-corrected chi connectivity index (χ4v) is 1.42. The molecular formula is C14H16O6. The Hall–Kier alpha value is -2.34. The first kappa shape index (κ1) is 15.7. The van der Waals surface area contributed by atoms with E-state index in [1.807, 2.05) is 0 Å². The number of aliphatic carboxylic acids is 1. The van der Waals surface area contributed by atoms with Crippen molar-refractivity contribution in [3.05, 3.63) is 42.0 Å². The maximum atomic E-state index is 11.6. The molecule has 0 aliphatic heterocycles. The number of rotatable bonds is 7. The Morgan fingerprint density at radius 3 is 2.65 bits per heavy atom. The fourth-order valence-electron chi connectivity index (χ4n) is 1.42. The Bertz CT molecular complexity index is 508. The quantitative estimate of drug-likeness (QED) is 0.514. The predicted molar refractivity (Wildman–Crippen MR) is 70.4 cm³/mol. The zero-order valence-electron chi connectivity index (χ0n) is 10.8. The second-order valence-corrected chi connectivity index (χ2v) is 4.25. The van der Waals surface area contributed by atoms with Crippen LogP contribution in [0.4, 0.5) is 0 Å². The summed E-state index contributed by atoms with van der Waals surface area (Å²) in [6.45, 7) is 3.08. The average molecular weight is 280 g/mol. The molecule has 0 saturated heterocycles. The first-order chi connectivity index (χ1) is 9.40. The van der Waals surface area contributed by atoms with Crippen LogP contribution < -0.4 is 0 Å². The maximum absolute atomic E-state index is 11.6. The van der Waals surface area contributed by atoms with Crippen LogP contribution >= 0.6 is 0 Å². The van der Waals surface area contributed by atoms with Crippen LogP contribution in [0, 0.1) is 0 Å². The molecule has 0 aromatic heterocycles. The van der Waals surface area contributed by atoms with E-state index in [1.54, 1.807) is 0 Å². The molecular weight excluding hydrogens is 264 g/mol. The van der Waals surface area contributed by atoms with Gasteiger partial charge in [0.2, 0.25) is 0 Å². The van der Waals surface area contributed by atoms with Gasteiger partial charge in [0.15, 0.2) is 0 Å². The smallest absolute Gasteiger partial charge is 0.338 e. The number of aromatic hydroxyl groups is 1. The fraction of sp³-hybridized carbons (Fsp3) is 0.286. The van der Waals surface area contributed by atoms with Gasteiger partial charge >= 0.3 is 11.9 Å². The van der Waals surface area contributed by atoms with Crippen molar-refractivity contribution < 1.29 is 29.6 Å². The molecule has 3 N–H and O–H groups in total. The monoisotopic (exact) mass is 280 g/mol. The summed E-state index contributed by atoms with van der Waals surface area (Å²) < 4.78 is 4.86. The highest BCUT2D eigenvalue weighted by Crippen LogP contribution is 2.12. The van der Waals surface area contributed by atoms with Crippen molar-refractivity contribution in [2.24, 2.45) is 0 Å². The summed E-state index contributed by atoms with van der Waals surface area (Å²) in [5.41, 5.74) is 0.163. The molecule has 0 fully saturated rings. The summed E-state index contributed by atoms with van der Waals surface area (Å²) in [7, 11) is 0. The lowest BCUT2D eigenvalue weighted by Crippen LogP contribution is -2.19. The Balaban J connectivity index is 2.37. The van der Waals surface area contributed by atoms with Crippen molar-refractivity contribution in [3.63, 3.8) is 0 Å². The topological polar surface area (TPSA) is 104 Å². The molecule has 0 bridgehead atoms. The van der Waals surface area contributed by atoms with Crippen molar-refractivity contribution in [2.45, 2.75) is 18.9 Å². The van der Waals surface area contributed by atoms with Crippen LogP contribution in [0.15, 0.2) is 36.4 Å². The van der Waals surface area contributed by atoms with Crippen molar-refractivity contribution in [1.82, 2.24) is 0 Å². The maximum Gasteiger partial charge on any atom is 0.338 e. The second-order valence-electron chi connectivity index (χ2n) is 4.25. The average Bonchev–Trinajstić information content (AvgIpc) is 2.41. The van der Waals surface area contributed by atoms with Gasteiger partial charge in [0.25, 0.3) is 0 Å². The number of carboxylic acid groups (broad SMARTS) is 1. The minimum atomic E-state index is -1.12. The van der Waals surface area contributed by atoms with Gasteiger partial charge in [-0.1, -0.05) is 12.6 Å². The number of phenols is 1. The van der Waals surface area contributed by atoms with Gasteiger partial charge in [0, 0.05) is 5.57 Å². The van der Waals surface area contributed by atoms with Crippen LogP contribution in [0.2, 0.25) is 0 Å². The van der Waals surface area contributed by atoms with E-state index in [-0.39, 0.29) is 36.3 Å². The molecule has 0 heterocycles. The first-order valence-electron chi connectivity index (χ1n) is 5.95. The van der Waals surface area contributed by atoms with E-state index in [4.69, 9.17) is 9.84 Å². The van der Waals surface area contributed by atoms with Crippen LogP contribution in [-0.2, 0) is 9.53 Å². The van der Waals surface area contributed by atoms with Gasteiger partial charge in [0.05, 0.1) is 11.7 Å². The molecule has 0 saturated carbocycles. The molecule has 0 radical (unpaired) electrons. The lowest BCUT2D eigenvalue weighted by Gasteiger charge is -2.11. The van der Waals surface area contributed by atoms with E-state index in [0.717, 1.165) is 0 Å². The number of carbonyl (C=O) groups is 2. The second kappa shape index (κ2) is 7.30. The molecule has 6 nitrogen and oxygen atoms in total. The molecule has 0 aliphatic carbocycles. The highest BCUT2D eigenvalue weighted by atomic mass is 16.5. The van der Waals surface area contributed by atoms with Gasteiger partial charge in [-0.05, 0) is 31.0 Å². The number of ether oxygens (including phenoxy) is 1. The molecule has 6 heteroatoms. The standard InChI is InChI=1S/C14H16O6/c1-9(13(17)18)5-6-12(16)8-20-14(19)10-3-2-4-11(15)7-10/h2-4,7,12,15-16H,1,5-6,8H2,(H,17,18). The summed E-state index contributed by atoms with van der Waals surface area (Å²) in [6, 6.07) is 5.64. The third-order valence-electron chi connectivity index (χ3n) is 2.57. The molecule has 1 aromatic carbocycles. The number of carbonyl (C=O) groups excluding carboxylic acids is 1. The van der Waals surface area contributed by atoms with Crippen LogP contribution in [0.1, 0.15) is 23.2 Å². The third kappa shape index (κ3) is 5.11. The van der Waals surface area contributed by atoms with Crippen LogP contribution in [0.25, 0.3) is 0 Å². The summed E-state index contributed by atoms with van der Waals surface area (Å²) in [5, 5.41) is 27.4. The Labute approximate surface area is 115 Å². The number of aliphatic hydroxyl groups is 1. The number of hydrogen-bond acceptors (Lipinski definition) is 5. The molecule has 0 aliphatic rings. The van der Waals surface area contributed by atoms with Gasteiger partial charge in [-0.15, -0.1) is 0 Å². The Morgan fingerprint density at radius 2 is 2.05 bits per heavy atom. The summed E-state index contributed by atoms with van der Waals surface area (Å²) >= 11 is 0. The van der Waals surface area contributed by atoms with Gasteiger partial charge < -0.3 is 20.1 Å².